The highest BCUT2D eigenvalue weighted by Gasteiger charge is 2.21. The molecule has 106 valence electrons. The Hall–Kier alpha value is -1.69. The molecule has 0 fully saturated rings. The van der Waals surface area contributed by atoms with Gasteiger partial charge in [-0.05, 0) is 18.1 Å². The van der Waals surface area contributed by atoms with Gasteiger partial charge < -0.3 is 9.26 Å². The van der Waals surface area contributed by atoms with Crippen molar-refractivity contribution in [2.45, 2.75) is 13.2 Å². The number of nitrogens with zero attached hydrogens (tertiary/aromatic N) is 4. The molecule has 2 aromatic rings. The predicted molar refractivity (Wildman–Crippen MR) is 72.5 cm³/mol. The molecular formula is C12H16N4O3P+. The predicted octanol–water partition coefficient (Wildman–Crippen LogP) is 1.05. The van der Waals surface area contributed by atoms with Gasteiger partial charge >= 0.3 is 6.23 Å². The van der Waals surface area contributed by atoms with Gasteiger partial charge in [0.25, 0.3) is 0 Å². The first-order valence-electron chi connectivity index (χ1n) is 6.17. The molecule has 2 unspecified atom stereocenters. The van der Waals surface area contributed by atoms with Crippen LogP contribution in [0.25, 0.3) is 11.4 Å². The molecule has 2 aromatic heterocycles. The van der Waals surface area contributed by atoms with E-state index in [4.69, 9.17) is 9.26 Å². The minimum Gasteiger partial charge on any atom is -0.322 e. The number of hydrogen-bond donors (Lipinski definition) is 0. The second-order valence-electron chi connectivity index (χ2n) is 3.81. The number of aromatic nitrogens is 4. The van der Waals surface area contributed by atoms with Crippen LogP contribution in [0.2, 0.25) is 0 Å². The van der Waals surface area contributed by atoms with Gasteiger partial charge in [-0.15, -0.1) is 0 Å². The third kappa shape index (κ3) is 3.90. The van der Waals surface area contributed by atoms with Gasteiger partial charge in [0.1, 0.15) is 12.8 Å². The quantitative estimate of drug-likeness (QED) is 0.561. The number of ether oxygens (including phenoxy) is 1. The smallest absolute Gasteiger partial charge is 0.312 e. The van der Waals surface area contributed by atoms with Gasteiger partial charge in [0.15, 0.2) is 20.7 Å². The molecule has 8 heteroatoms. The van der Waals surface area contributed by atoms with Crippen LogP contribution in [0.15, 0.2) is 36.9 Å². The molecule has 0 aliphatic carbocycles. The van der Waals surface area contributed by atoms with Crippen LogP contribution in [-0.2, 0) is 13.8 Å². The first-order valence-corrected chi connectivity index (χ1v) is 7.11. The standard InChI is InChI=1S/C12H16N4O3P/c1-2-18-11(9-19-20-17)16-7-4-10(8-15-16)12-13-5-3-6-14-12/h3-8,11H,2,9,20H2,1H3/q+1. The lowest BCUT2D eigenvalue weighted by Crippen LogP contribution is -2.46. The van der Waals surface area contributed by atoms with Gasteiger partial charge in [0.05, 0.1) is 6.61 Å². The van der Waals surface area contributed by atoms with E-state index in [1.807, 2.05) is 13.0 Å². The summed E-state index contributed by atoms with van der Waals surface area (Å²) in [6.45, 7) is 2.59. The molecule has 0 aliphatic rings. The Bertz CT molecular complexity index is 538. The summed E-state index contributed by atoms with van der Waals surface area (Å²) < 4.78 is 22.5. The van der Waals surface area contributed by atoms with Crippen molar-refractivity contribution in [3.05, 3.63) is 36.9 Å². The fourth-order valence-electron chi connectivity index (χ4n) is 1.63. The summed E-state index contributed by atoms with van der Waals surface area (Å²) in [7, 11) is -1.25. The van der Waals surface area contributed by atoms with E-state index in [-0.39, 0.29) is 6.61 Å². The zero-order valence-electron chi connectivity index (χ0n) is 11.0. The Labute approximate surface area is 117 Å². The monoisotopic (exact) mass is 295 g/mol. The fraction of sp³-hybridized carbons (Fsp3) is 0.333. The van der Waals surface area contributed by atoms with Gasteiger partial charge in [0, 0.05) is 24.0 Å². The van der Waals surface area contributed by atoms with E-state index < -0.39 is 14.9 Å². The Morgan fingerprint density at radius 3 is 2.80 bits per heavy atom. The van der Waals surface area contributed by atoms with Crippen LogP contribution in [0.5, 0.6) is 0 Å². The van der Waals surface area contributed by atoms with E-state index in [0.29, 0.717) is 12.4 Å². The van der Waals surface area contributed by atoms with Crippen LogP contribution in [0.3, 0.4) is 0 Å². The van der Waals surface area contributed by atoms with E-state index in [9.17, 15) is 4.57 Å². The summed E-state index contributed by atoms with van der Waals surface area (Å²) in [5.41, 5.74) is 0.812. The lowest BCUT2D eigenvalue weighted by Gasteiger charge is -2.08. The van der Waals surface area contributed by atoms with Gasteiger partial charge in [-0.2, -0.15) is 0 Å². The highest BCUT2D eigenvalue weighted by Crippen LogP contribution is 2.11. The van der Waals surface area contributed by atoms with Crippen molar-refractivity contribution in [3.8, 4) is 11.4 Å². The zero-order chi connectivity index (χ0) is 14.2. The average Bonchev–Trinajstić information content (AvgIpc) is 2.52. The van der Waals surface area contributed by atoms with E-state index in [1.54, 1.807) is 35.5 Å². The molecule has 0 N–H and O–H groups in total. The van der Waals surface area contributed by atoms with Crippen LogP contribution in [0.1, 0.15) is 13.2 Å². The van der Waals surface area contributed by atoms with Crippen LogP contribution in [-0.4, -0.2) is 28.3 Å². The SMILES string of the molecule is CCOC(CO[PH2]=O)[n+]1ccc(-c2ncccn2)cn1. The minimum atomic E-state index is -1.25. The number of rotatable bonds is 7. The summed E-state index contributed by atoms with van der Waals surface area (Å²) in [6.07, 6.45) is 6.38. The molecule has 2 rings (SSSR count). The van der Waals surface area contributed by atoms with Gasteiger partial charge in [-0.25, -0.2) is 9.97 Å². The van der Waals surface area contributed by atoms with Crippen LogP contribution < -0.4 is 4.68 Å². The van der Waals surface area contributed by atoms with Crippen molar-refractivity contribution in [1.82, 2.24) is 15.1 Å². The summed E-state index contributed by atoms with van der Waals surface area (Å²) in [4.78, 5) is 8.31. The summed E-state index contributed by atoms with van der Waals surface area (Å²) in [6, 6.07) is 3.60. The van der Waals surface area contributed by atoms with Crippen molar-refractivity contribution in [2.24, 2.45) is 0 Å². The maximum atomic E-state index is 10.5. The molecule has 0 aromatic carbocycles. The Kier molecular flexibility index (Phi) is 5.73. The normalized spacial score (nSPS) is 12.8. The molecule has 0 bridgehead atoms. The minimum absolute atomic E-state index is 0.200. The molecular weight excluding hydrogens is 279 g/mol. The maximum Gasteiger partial charge on any atom is 0.312 e. The average molecular weight is 295 g/mol. The van der Waals surface area contributed by atoms with Gasteiger partial charge in [-0.1, -0.05) is 4.68 Å². The molecule has 2 atom stereocenters. The van der Waals surface area contributed by atoms with E-state index in [1.165, 1.54) is 0 Å². The van der Waals surface area contributed by atoms with Crippen molar-refractivity contribution in [2.75, 3.05) is 13.2 Å². The second-order valence-corrected chi connectivity index (χ2v) is 4.33. The third-order valence-electron chi connectivity index (χ3n) is 2.52. The van der Waals surface area contributed by atoms with Crippen LogP contribution >= 0.6 is 8.69 Å². The number of hydrogen-bond acceptors (Lipinski definition) is 6. The molecule has 0 aliphatic heterocycles. The Morgan fingerprint density at radius 2 is 2.20 bits per heavy atom. The molecule has 0 spiro atoms. The van der Waals surface area contributed by atoms with Gasteiger partial charge in [-0.3, -0.25) is 4.57 Å². The largest absolute Gasteiger partial charge is 0.322 e. The molecule has 7 nitrogen and oxygen atoms in total. The third-order valence-corrected chi connectivity index (χ3v) is 2.85. The van der Waals surface area contributed by atoms with E-state index in [2.05, 4.69) is 15.1 Å². The van der Waals surface area contributed by atoms with Crippen LogP contribution in [0.4, 0.5) is 0 Å². The molecule has 2 heterocycles. The van der Waals surface area contributed by atoms with Crippen LogP contribution in [0, 0.1) is 0 Å². The molecule has 0 saturated heterocycles. The Morgan fingerprint density at radius 1 is 1.40 bits per heavy atom. The van der Waals surface area contributed by atoms with Crippen molar-refractivity contribution in [3.63, 3.8) is 0 Å². The van der Waals surface area contributed by atoms with Gasteiger partial charge in [0.2, 0.25) is 0 Å². The topological polar surface area (TPSA) is 78.1 Å². The summed E-state index contributed by atoms with van der Waals surface area (Å²) in [5.74, 6) is 0.611. The highest BCUT2D eigenvalue weighted by atomic mass is 31.1. The second kappa shape index (κ2) is 7.79. The molecule has 0 amide bonds. The molecule has 0 radical (unpaired) electrons. The molecule has 0 saturated carbocycles. The summed E-state index contributed by atoms with van der Waals surface area (Å²) >= 11 is 0. The van der Waals surface area contributed by atoms with Crippen molar-refractivity contribution < 1.29 is 18.5 Å². The lowest BCUT2D eigenvalue weighted by atomic mass is 10.3. The van der Waals surface area contributed by atoms with E-state index in [0.717, 1.165) is 5.56 Å². The molecule has 20 heavy (non-hydrogen) atoms. The fourth-order valence-corrected chi connectivity index (χ4v) is 1.88. The zero-order valence-corrected chi connectivity index (χ0v) is 12.2. The van der Waals surface area contributed by atoms with Crippen molar-refractivity contribution >= 4 is 8.69 Å². The Balaban J connectivity index is 2.15. The first kappa shape index (κ1) is 14.7. The summed E-state index contributed by atoms with van der Waals surface area (Å²) in [5, 5.41) is 4.27. The first-order chi connectivity index (χ1) is 9.85. The van der Waals surface area contributed by atoms with E-state index >= 15 is 0 Å². The lowest BCUT2D eigenvalue weighted by molar-refractivity contribution is -0.812. The highest BCUT2D eigenvalue weighted by molar-refractivity contribution is 7.17. The maximum absolute atomic E-state index is 10.5. The van der Waals surface area contributed by atoms with Crippen molar-refractivity contribution in [1.29, 1.82) is 0 Å².